The van der Waals surface area contributed by atoms with Crippen LogP contribution in [0.1, 0.15) is 62.7 Å². The van der Waals surface area contributed by atoms with Crippen LogP contribution in [-0.4, -0.2) is 23.0 Å². The number of hydrogen-bond acceptors (Lipinski definition) is 5. The van der Waals surface area contributed by atoms with Crippen molar-refractivity contribution in [2.45, 2.75) is 37.5 Å². The quantitative estimate of drug-likeness (QED) is 0.226. The molecular weight excluding hydrogens is 559 g/mol. The van der Waals surface area contributed by atoms with Gasteiger partial charge < -0.3 is 20.5 Å². The summed E-state index contributed by atoms with van der Waals surface area (Å²) in [5.74, 6) is -3.34. The molecule has 1 unspecified atom stereocenters. The van der Waals surface area contributed by atoms with E-state index in [0.29, 0.717) is 17.5 Å². The van der Waals surface area contributed by atoms with E-state index in [9.17, 15) is 31.5 Å². The highest BCUT2D eigenvalue weighted by molar-refractivity contribution is 6.31. The summed E-state index contributed by atoms with van der Waals surface area (Å²) in [6.07, 6.45) is -2.10. The molecule has 3 aromatic carbocycles. The molecule has 4 aromatic rings. The average Bonchev–Trinajstić information content (AvgIpc) is 3.42. The lowest BCUT2D eigenvalue weighted by Crippen LogP contribution is -2.26. The van der Waals surface area contributed by atoms with Gasteiger partial charge >= 0.3 is 6.18 Å². The fourth-order valence-corrected chi connectivity index (χ4v) is 5.12. The first-order chi connectivity index (χ1) is 19.0. The maximum absolute atomic E-state index is 14.2. The first-order valence-electron chi connectivity index (χ1n) is 12.2. The van der Waals surface area contributed by atoms with Crippen LogP contribution in [0, 0.1) is 11.6 Å². The van der Waals surface area contributed by atoms with Crippen molar-refractivity contribution < 1.29 is 36.1 Å². The van der Waals surface area contributed by atoms with E-state index in [0.717, 1.165) is 31.4 Å². The molecule has 206 valence electrons. The SMILES string of the molecule is O=C(Nc1cc2c(NC3CCC3)onc2c2c1C(c1cc(F)ccc1Cl)NC2=O)c1cc(F)cc(C(F)(F)F)c1. The molecule has 1 atom stereocenters. The van der Waals surface area contributed by atoms with Gasteiger partial charge in [0.2, 0.25) is 5.88 Å². The van der Waals surface area contributed by atoms with Crippen LogP contribution in [0.15, 0.2) is 47.0 Å². The summed E-state index contributed by atoms with van der Waals surface area (Å²) in [5.41, 5.74) is -1.46. The Kier molecular flexibility index (Phi) is 6.17. The third kappa shape index (κ3) is 4.51. The van der Waals surface area contributed by atoms with Crippen LogP contribution >= 0.6 is 11.6 Å². The number of rotatable bonds is 5. The predicted molar refractivity (Wildman–Crippen MR) is 135 cm³/mol. The molecule has 7 nitrogen and oxygen atoms in total. The fourth-order valence-electron chi connectivity index (χ4n) is 4.89. The summed E-state index contributed by atoms with van der Waals surface area (Å²) in [6.45, 7) is 0. The van der Waals surface area contributed by atoms with Crippen LogP contribution < -0.4 is 16.0 Å². The van der Waals surface area contributed by atoms with Crippen molar-refractivity contribution >= 4 is 45.9 Å². The first kappa shape index (κ1) is 26.1. The van der Waals surface area contributed by atoms with Gasteiger partial charge in [0.15, 0.2) is 0 Å². The lowest BCUT2D eigenvalue weighted by atomic mass is 9.92. The van der Waals surface area contributed by atoms with E-state index in [1.165, 1.54) is 12.1 Å². The van der Waals surface area contributed by atoms with E-state index in [-0.39, 0.29) is 50.9 Å². The zero-order chi connectivity index (χ0) is 28.3. The monoisotopic (exact) mass is 576 g/mol. The summed E-state index contributed by atoms with van der Waals surface area (Å²) < 4.78 is 73.6. The van der Waals surface area contributed by atoms with Gasteiger partial charge in [0, 0.05) is 33.4 Å². The van der Waals surface area contributed by atoms with Crippen molar-refractivity contribution in [1.82, 2.24) is 10.5 Å². The van der Waals surface area contributed by atoms with Gasteiger partial charge in [-0.25, -0.2) is 8.78 Å². The van der Waals surface area contributed by atoms with Gasteiger partial charge in [-0.3, -0.25) is 9.59 Å². The molecule has 2 amide bonds. The fraction of sp³-hybridized carbons (Fsp3) is 0.222. The molecule has 6 rings (SSSR count). The van der Waals surface area contributed by atoms with Gasteiger partial charge in [0.05, 0.1) is 22.6 Å². The third-order valence-corrected chi connectivity index (χ3v) is 7.39. The van der Waals surface area contributed by atoms with Crippen LogP contribution in [0.25, 0.3) is 10.9 Å². The second-order valence-corrected chi connectivity index (χ2v) is 10.1. The number of nitrogens with one attached hydrogen (secondary N) is 3. The normalized spacial score (nSPS) is 16.9. The van der Waals surface area contributed by atoms with E-state index in [1.54, 1.807) is 0 Å². The summed E-state index contributed by atoms with van der Waals surface area (Å²) in [4.78, 5) is 26.4. The van der Waals surface area contributed by atoms with Crippen molar-refractivity contribution in [3.63, 3.8) is 0 Å². The topological polar surface area (TPSA) is 96.3 Å². The zero-order valence-corrected chi connectivity index (χ0v) is 21.0. The smallest absolute Gasteiger partial charge is 0.351 e. The van der Waals surface area contributed by atoms with E-state index < -0.39 is 46.8 Å². The molecule has 1 aliphatic carbocycles. The van der Waals surface area contributed by atoms with E-state index in [1.807, 2.05) is 0 Å². The maximum atomic E-state index is 14.2. The minimum atomic E-state index is -4.89. The maximum Gasteiger partial charge on any atom is 0.416 e. The average molecular weight is 577 g/mol. The third-order valence-electron chi connectivity index (χ3n) is 7.05. The van der Waals surface area contributed by atoms with Crippen LogP contribution in [0.5, 0.6) is 0 Å². The van der Waals surface area contributed by atoms with Crippen molar-refractivity contribution in [3.8, 4) is 0 Å². The van der Waals surface area contributed by atoms with Gasteiger partial charge in [0.1, 0.15) is 17.2 Å². The highest BCUT2D eigenvalue weighted by Crippen LogP contribution is 2.44. The zero-order valence-electron chi connectivity index (χ0n) is 20.3. The summed E-state index contributed by atoms with van der Waals surface area (Å²) in [5, 5.41) is 12.9. The Labute approximate surface area is 227 Å². The Morgan fingerprint density at radius 2 is 1.85 bits per heavy atom. The molecule has 2 heterocycles. The van der Waals surface area contributed by atoms with E-state index in [4.69, 9.17) is 16.1 Å². The Hall–Kier alpha value is -4.19. The number of halogens is 6. The number of aromatic nitrogens is 1. The molecule has 1 fully saturated rings. The molecule has 0 bridgehead atoms. The van der Waals surface area contributed by atoms with Crippen molar-refractivity contribution in [3.05, 3.63) is 86.9 Å². The number of anilines is 2. The molecule has 1 aliphatic heterocycles. The number of nitrogens with zero attached hydrogens (tertiary/aromatic N) is 1. The first-order valence-corrected chi connectivity index (χ1v) is 12.5. The molecule has 0 spiro atoms. The second kappa shape index (κ2) is 9.47. The number of carbonyl (C=O) groups is 2. The van der Waals surface area contributed by atoms with Crippen LogP contribution in [0.4, 0.5) is 33.5 Å². The number of amides is 2. The molecule has 1 aromatic heterocycles. The predicted octanol–water partition coefficient (Wildman–Crippen LogP) is 6.83. The largest absolute Gasteiger partial charge is 0.416 e. The lowest BCUT2D eigenvalue weighted by molar-refractivity contribution is -0.137. The van der Waals surface area contributed by atoms with Gasteiger partial charge in [-0.05, 0) is 61.7 Å². The van der Waals surface area contributed by atoms with Gasteiger partial charge in [-0.1, -0.05) is 16.8 Å². The number of benzene rings is 3. The van der Waals surface area contributed by atoms with Crippen LogP contribution in [0.3, 0.4) is 0 Å². The molecular formula is C27H18ClF5N4O3. The molecule has 3 N–H and O–H groups in total. The number of alkyl halides is 3. The van der Waals surface area contributed by atoms with Crippen LogP contribution in [-0.2, 0) is 6.18 Å². The van der Waals surface area contributed by atoms with Crippen molar-refractivity contribution in [2.24, 2.45) is 0 Å². The molecule has 40 heavy (non-hydrogen) atoms. The van der Waals surface area contributed by atoms with Crippen molar-refractivity contribution in [1.29, 1.82) is 0 Å². The molecule has 0 saturated heterocycles. The van der Waals surface area contributed by atoms with E-state index in [2.05, 4.69) is 21.1 Å². The number of fused-ring (bicyclic) bond motifs is 3. The van der Waals surface area contributed by atoms with Crippen LogP contribution in [0.2, 0.25) is 5.02 Å². The summed E-state index contributed by atoms with van der Waals surface area (Å²) >= 11 is 6.33. The van der Waals surface area contributed by atoms with Gasteiger partial charge in [-0.2, -0.15) is 13.2 Å². The Morgan fingerprint density at radius 3 is 2.55 bits per heavy atom. The van der Waals surface area contributed by atoms with Gasteiger partial charge in [0.25, 0.3) is 11.8 Å². The minimum Gasteiger partial charge on any atom is -0.351 e. The molecule has 1 saturated carbocycles. The Bertz CT molecular complexity index is 1700. The summed E-state index contributed by atoms with van der Waals surface area (Å²) in [6, 6.07) is 5.53. The summed E-state index contributed by atoms with van der Waals surface area (Å²) in [7, 11) is 0. The minimum absolute atomic E-state index is 0.00569. The Balaban J connectivity index is 1.50. The molecule has 2 aliphatic rings. The second-order valence-electron chi connectivity index (χ2n) is 9.65. The standard InChI is InChI=1S/C27H18ClF5N4O3/c28-18-5-4-13(29)9-16(18)22-20-19(35-24(38)11-6-12(27(31,32)33)8-14(30)7-11)10-17-23(21(20)25(39)36-22)37-40-26(17)34-15-2-1-3-15/h4-10,15,22,34H,1-3H2,(H,35,38)(H,36,39). The van der Waals surface area contributed by atoms with Crippen molar-refractivity contribution in [2.75, 3.05) is 10.6 Å². The number of carbonyl (C=O) groups excluding carboxylic acids is 2. The molecule has 0 radical (unpaired) electrons. The van der Waals surface area contributed by atoms with E-state index >= 15 is 0 Å². The number of hydrogen-bond donors (Lipinski definition) is 3. The molecule has 13 heteroatoms. The Morgan fingerprint density at radius 1 is 1.07 bits per heavy atom. The highest BCUT2D eigenvalue weighted by Gasteiger charge is 2.38. The highest BCUT2D eigenvalue weighted by atomic mass is 35.5. The lowest BCUT2D eigenvalue weighted by Gasteiger charge is -2.25. The van der Waals surface area contributed by atoms with Gasteiger partial charge in [-0.15, -0.1) is 0 Å².